The van der Waals surface area contributed by atoms with Gasteiger partial charge in [0.1, 0.15) is 18.1 Å². The van der Waals surface area contributed by atoms with Gasteiger partial charge in [0, 0.05) is 37.8 Å². The standard InChI is InChI=1S/C21H25N3O3/c1-2-20-19(6-10-24(20)17-7-11-25-14-17)21(3-1)27-18-4-8-23(9-5-18)12-16-13-26-15-22-16/h1-3,6,10,13,15,17-18H,4-5,7-9,11-12,14H2. The van der Waals surface area contributed by atoms with E-state index >= 15 is 0 Å². The highest BCUT2D eigenvalue weighted by molar-refractivity contribution is 5.86. The summed E-state index contributed by atoms with van der Waals surface area (Å²) in [4.78, 5) is 6.63. The van der Waals surface area contributed by atoms with Gasteiger partial charge in [-0.15, -0.1) is 0 Å². The van der Waals surface area contributed by atoms with Crippen LogP contribution in [0.4, 0.5) is 0 Å². The van der Waals surface area contributed by atoms with Gasteiger partial charge in [0.25, 0.3) is 0 Å². The normalized spacial score (nSPS) is 21.9. The molecule has 1 unspecified atom stereocenters. The van der Waals surface area contributed by atoms with E-state index in [-0.39, 0.29) is 6.10 Å². The maximum absolute atomic E-state index is 6.42. The molecule has 27 heavy (non-hydrogen) atoms. The van der Waals surface area contributed by atoms with Gasteiger partial charge in [-0.2, -0.15) is 0 Å². The van der Waals surface area contributed by atoms with Crippen LogP contribution < -0.4 is 4.74 Å². The summed E-state index contributed by atoms with van der Waals surface area (Å²) < 4.78 is 19.4. The maximum Gasteiger partial charge on any atom is 0.180 e. The molecule has 0 N–H and O–H groups in total. The number of likely N-dealkylation sites (tertiary alicyclic amines) is 1. The number of fused-ring (bicyclic) bond motifs is 1. The minimum atomic E-state index is 0.266. The number of oxazole rings is 1. The van der Waals surface area contributed by atoms with Crippen LogP contribution in [0.1, 0.15) is 31.0 Å². The van der Waals surface area contributed by atoms with E-state index in [4.69, 9.17) is 13.9 Å². The molecule has 6 nitrogen and oxygen atoms in total. The average Bonchev–Trinajstić information content (AvgIpc) is 3.45. The quantitative estimate of drug-likeness (QED) is 0.689. The lowest BCUT2D eigenvalue weighted by molar-refractivity contribution is 0.0973. The van der Waals surface area contributed by atoms with Crippen molar-refractivity contribution in [3.63, 3.8) is 0 Å². The first-order valence-electron chi connectivity index (χ1n) is 9.80. The summed E-state index contributed by atoms with van der Waals surface area (Å²) in [7, 11) is 0. The van der Waals surface area contributed by atoms with Crippen molar-refractivity contribution < 1.29 is 13.9 Å². The third-order valence-electron chi connectivity index (χ3n) is 5.72. The van der Waals surface area contributed by atoms with Crippen LogP contribution in [0.3, 0.4) is 0 Å². The highest BCUT2D eigenvalue weighted by atomic mass is 16.5. The number of piperidine rings is 1. The first kappa shape index (κ1) is 16.8. The van der Waals surface area contributed by atoms with E-state index in [0.717, 1.165) is 63.6 Å². The van der Waals surface area contributed by atoms with Crippen molar-refractivity contribution in [3.8, 4) is 5.75 Å². The van der Waals surface area contributed by atoms with E-state index in [1.54, 1.807) is 6.26 Å². The van der Waals surface area contributed by atoms with E-state index < -0.39 is 0 Å². The summed E-state index contributed by atoms with van der Waals surface area (Å²) in [5.41, 5.74) is 2.24. The Kier molecular flexibility index (Phi) is 4.59. The minimum absolute atomic E-state index is 0.266. The highest BCUT2D eigenvalue weighted by Gasteiger charge is 2.23. The predicted octanol–water partition coefficient (Wildman–Crippen LogP) is 3.63. The van der Waals surface area contributed by atoms with Crippen LogP contribution in [-0.2, 0) is 11.3 Å². The molecule has 1 atom stereocenters. The predicted molar refractivity (Wildman–Crippen MR) is 102 cm³/mol. The molecule has 2 aliphatic rings. The molecule has 0 radical (unpaired) electrons. The second-order valence-corrected chi connectivity index (χ2v) is 7.50. The summed E-state index contributed by atoms with van der Waals surface area (Å²) in [6, 6.07) is 9.00. The van der Waals surface area contributed by atoms with Gasteiger partial charge in [-0.25, -0.2) is 4.98 Å². The number of hydrogen-bond acceptors (Lipinski definition) is 5. The molecule has 6 heteroatoms. The second-order valence-electron chi connectivity index (χ2n) is 7.50. The number of aromatic nitrogens is 2. The zero-order chi connectivity index (χ0) is 18.1. The molecule has 2 fully saturated rings. The Balaban J connectivity index is 1.25. The van der Waals surface area contributed by atoms with Gasteiger partial charge in [-0.05, 0) is 37.5 Å². The Morgan fingerprint density at radius 1 is 1.15 bits per heavy atom. The molecule has 0 aliphatic carbocycles. The maximum atomic E-state index is 6.42. The van der Waals surface area contributed by atoms with Gasteiger partial charge < -0.3 is 18.5 Å². The molecule has 3 aromatic rings. The largest absolute Gasteiger partial charge is 0.490 e. The third kappa shape index (κ3) is 3.47. The van der Waals surface area contributed by atoms with E-state index in [1.165, 1.54) is 17.3 Å². The summed E-state index contributed by atoms with van der Waals surface area (Å²) in [5.74, 6) is 1.00. The van der Waals surface area contributed by atoms with Crippen molar-refractivity contribution in [3.05, 3.63) is 48.8 Å². The molecule has 2 aromatic heterocycles. The molecular weight excluding hydrogens is 342 g/mol. The van der Waals surface area contributed by atoms with Crippen molar-refractivity contribution >= 4 is 10.9 Å². The molecule has 142 valence electrons. The lowest BCUT2D eigenvalue weighted by Crippen LogP contribution is -2.37. The number of ether oxygens (including phenoxy) is 2. The summed E-state index contributed by atoms with van der Waals surface area (Å²) in [6.07, 6.45) is 8.81. The van der Waals surface area contributed by atoms with E-state index in [1.807, 2.05) is 0 Å². The average molecular weight is 367 g/mol. The third-order valence-corrected chi connectivity index (χ3v) is 5.72. The Labute approximate surface area is 158 Å². The summed E-state index contributed by atoms with van der Waals surface area (Å²) in [5, 5.41) is 1.20. The second kappa shape index (κ2) is 7.37. The molecule has 0 bridgehead atoms. The van der Waals surface area contributed by atoms with Crippen molar-refractivity contribution in [1.82, 2.24) is 14.5 Å². The van der Waals surface area contributed by atoms with Gasteiger partial charge in [0.05, 0.1) is 23.9 Å². The van der Waals surface area contributed by atoms with Crippen molar-refractivity contribution in [2.75, 3.05) is 26.3 Å². The first-order chi connectivity index (χ1) is 13.4. The van der Waals surface area contributed by atoms with Crippen molar-refractivity contribution in [1.29, 1.82) is 0 Å². The highest BCUT2D eigenvalue weighted by Crippen LogP contribution is 2.32. The Hall–Kier alpha value is -2.31. The number of benzene rings is 1. The van der Waals surface area contributed by atoms with Gasteiger partial charge in [-0.3, -0.25) is 4.90 Å². The van der Waals surface area contributed by atoms with E-state index in [2.05, 4.69) is 44.9 Å². The van der Waals surface area contributed by atoms with Gasteiger partial charge in [-0.1, -0.05) is 6.07 Å². The summed E-state index contributed by atoms with van der Waals surface area (Å²) >= 11 is 0. The molecule has 5 rings (SSSR count). The van der Waals surface area contributed by atoms with Crippen LogP contribution in [-0.4, -0.2) is 46.9 Å². The van der Waals surface area contributed by atoms with E-state index in [0.29, 0.717) is 6.04 Å². The van der Waals surface area contributed by atoms with Gasteiger partial charge in [0.2, 0.25) is 0 Å². The molecule has 0 spiro atoms. The van der Waals surface area contributed by atoms with Crippen LogP contribution in [0.5, 0.6) is 5.75 Å². The molecular formula is C21H25N3O3. The monoisotopic (exact) mass is 367 g/mol. The zero-order valence-electron chi connectivity index (χ0n) is 15.4. The number of rotatable bonds is 5. The number of nitrogens with zero attached hydrogens (tertiary/aromatic N) is 3. The fourth-order valence-electron chi connectivity index (χ4n) is 4.23. The lowest BCUT2D eigenvalue weighted by atomic mass is 10.1. The van der Waals surface area contributed by atoms with Crippen LogP contribution in [0, 0.1) is 0 Å². The fourth-order valence-corrected chi connectivity index (χ4v) is 4.23. The van der Waals surface area contributed by atoms with Crippen LogP contribution in [0.2, 0.25) is 0 Å². The van der Waals surface area contributed by atoms with Crippen LogP contribution in [0.15, 0.2) is 47.5 Å². The van der Waals surface area contributed by atoms with Crippen molar-refractivity contribution in [2.24, 2.45) is 0 Å². The summed E-state index contributed by atoms with van der Waals surface area (Å²) in [6.45, 7) is 4.55. The number of hydrogen-bond donors (Lipinski definition) is 0. The fraction of sp³-hybridized carbons (Fsp3) is 0.476. The molecule has 4 heterocycles. The zero-order valence-corrected chi connectivity index (χ0v) is 15.4. The molecule has 2 saturated heterocycles. The van der Waals surface area contributed by atoms with Gasteiger partial charge >= 0.3 is 0 Å². The molecule has 1 aromatic carbocycles. The van der Waals surface area contributed by atoms with Crippen molar-refractivity contribution in [2.45, 2.75) is 38.0 Å². The van der Waals surface area contributed by atoms with Gasteiger partial charge in [0.15, 0.2) is 6.39 Å². The van der Waals surface area contributed by atoms with Crippen LogP contribution >= 0.6 is 0 Å². The Morgan fingerprint density at radius 2 is 2.07 bits per heavy atom. The topological polar surface area (TPSA) is 52.7 Å². The lowest BCUT2D eigenvalue weighted by Gasteiger charge is -2.31. The Bertz CT molecular complexity index is 875. The molecule has 2 aliphatic heterocycles. The van der Waals surface area contributed by atoms with E-state index in [9.17, 15) is 0 Å². The van der Waals surface area contributed by atoms with Crippen LogP contribution in [0.25, 0.3) is 10.9 Å². The smallest absolute Gasteiger partial charge is 0.180 e. The first-order valence-corrected chi connectivity index (χ1v) is 9.80. The Morgan fingerprint density at radius 3 is 2.85 bits per heavy atom. The molecule has 0 saturated carbocycles. The molecule has 0 amide bonds. The SMILES string of the molecule is c1cc(OC2CCN(Cc3cocn3)CC2)c2ccn(C3CCOC3)c2c1. The minimum Gasteiger partial charge on any atom is -0.490 e.